The molecule has 2 aromatic heterocycles. The van der Waals surface area contributed by atoms with Gasteiger partial charge in [0.05, 0.1) is 17.9 Å². The summed E-state index contributed by atoms with van der Waals surface area (Å²) in [5.41, 5.74) is 2.54. The van der Waals surface area contributed by atoms with Crippen molar-refractivity contribution in [2.45, 2.75) is 19.9 Å². The van der Waals surface area contributed by atoms with E-state index in [1.165, 1.54) is 0 Å². The van der Waals surface area contributed by atoms with Crippen molar-refractivity contribution in [1.82, 2.24) is 10.3 Å². The molecular weight excluding hydrogens is 252 g/mol. The van der Waals surface area contributed by atoms with Gasteiger partial charge in [-0.25, -0.2) is 0 Å². The Morgan fingerprint density at radius 1 is 1.25 bits per heavy atom. The number of aryl methyl sites for hydroxylation is 1. The number of aromatic amines is 1. The lowest BCUT2D eigenvalue weighted by atomic mass is 10.1. The third-order valence-corrected chi connectivity index (χ3v) is 3.44. The molecule has 0 aliphatic rings. The molecule has 2 N–H and O–H groups in total. The summed E-state index contributed by atoms with van der Waals surface area (Å²) < 4.78 is 5.31. The number of para-hydroxylation sites is 1. The van der Waals surface area contributed by atoms with Crippen LogP contribution >= 0.6 is 0 Å². The minimum Gasteiger partial charge on any atom is -0.467 e. The minimum absolute atomic E-state index is 0.0937. The number of carbonyl (C=O) groups is 1. The maximum atomic E-state index is 12.5. The third-order valence-electron chi connectivity index (χ3n) is 3.44. The van der Waals surface area contributed by atoms with Crippen molar-refractivity contribution in [2.24, 2.45) is 0 Å². The van der Waals surface area contributed by atoms with Gasteiger partial charge >= 0.3 is 0 Å². The molecule has 4 heteroatoms. The maximum absolute atomic E-state index is 12.5. The summed E-state index contributed by atoms with van der Waals surface area (Å²) in [6, 6.07) is 11.3. The summed E-state index contributed by atoms with van der Waals surface area (Å²) in [6.45, 7) is 3.81. The summed E-state index contributed by atoms with van der Waals surface area (Å²) in [5.74, 6) is 0.652. The number of benzene rings is 1. The Morgan fingerprint density at radius 3 is 2.80 bits per heavy atom. The van der Waals surface area contributed by atoms with Crippen molar-refractivity contribution < 1.29 is 9.21 Å². The molecule has 1 unspecified atom stereocenters. The first-order valence-electron chi connectivity index (χ1n) is 6.58. The number of furan rings is 1. The molecule has 20 heavy (non-hydrogen) atoms. The van der Waals surface area contributed by atoms with E-state index in [9.17, 15) is 4.79 Å². The maximum Gasteiger partial charge on any atom is 0.254 e. The zero-order valence-corrected chi connectivity index (χ0v) is 11.4. The zero-order valence-electron chi connectivity index (χ0n) is 11.4. The summed E-state index contributed by atoms with van der Waals surface area (Å²) in [6.07, 6.45) is 1.61. The molecule has 1 aromatic carbocycles. The summed E-state index contributed by atoms with van der Waals surface area (Å²) in [4.78, 5) is 15.7. The van der Waals surface area contributed by atoms with Gasteiger partial charge in [-0.2, -0.15) is 0 Å². The lowest BCUT2D eigenvalue weighted by Crippen LogP contribution is -2.26. The summed E-state index contributed by atoms with van der Waals surface area (Å²) in [5, 5.41) is 3.90. The summed E-state index contributed by atoms with van der Waals surface area (Å²) in [7, 11) is 0. The highest BCUT2D eigenvalue weighted by Gasteiger charge is 2.18. The molecule has 102 valence electrons. The van der Waals surface area contributed by atoms with Crippen molar-refractivity contribution in [2.75, 3.05) is 0 Å². The molecule has 3 aromatic rings. The summed E-state index contributed by atoms with van der Waals surface area (Å²) >= 11 is 0. The van der Waals surface area contributed by atoms with Crippen LogP contribution in [0.4, 0.5) is 0 Å². The second-order valence-corrected chi connectivity index (χ2v) is 4.88. The lowest BCUT2D eigenvalue weighted by Gasteiger charge is -2.11. The molecule has 0 saturated heterocycles. The van der Waals surface area contributed by atoms with E-state index in [1.807, 2.05) is 50.2 Å². The second-order valence-electron chi connectivity index (χ2n) is 4.88. The van der Waals surface area contributed by atoms with Gasteiger partial charge in [-0.15, -0.1) is 0 Å². The monoisotopic (exact) mass is 268 g/mol. The van der Waals surface area contributed by atoms with E-state index >= 15 is 0 Å². The Kier molecular flexibility index (Phi) is 3.06. The van der Waals surface area contributed by atoms with Crippen molar-refractivity contribution in [3.8, 4) is 0 Å². The fraction of sp³-hybridized carbons (Fsp3) is 0.188. The Hall–Kier alpha value is -2.49. The first kappa shape index (κ1) is 12.5. The van der Waals surface area contributed by atoms with E-state index in [4.69, 9.17) is 4.42 Å². The molecule has 0 aliphatic heterocycles. The average molecular weight is 268 g/mol. The molecule has 1 atom stereocenters. The van der Waals surface area contributed by atoms with Crippen LogP contribution < -0.4 is 5.32 Å². The Labute approximate surface area is 116 Å². The van der Waals surface area contributed by atoms with Gasteiger partial charge in [0, 0.05) is 16.6 Å². The topological polar surface area (TPSA) is 58.0 Å². The zero-order chi connectivity index (χ0) is 14.1. The van der Waals surface area contributed by atoms with Crippen LogP contribution in [0.1, 0.15) is 34.8 Å². The highest BCUT2D eigenvalue weighted by molar-refractivity contribution is 6.08. The van der Waals surface area contributed by atoms with Gasteiger partial charge < -0.3 is 14.7 Å². The van der Waals surface area contributed by atoms with Crippen molar-refractivity contribution in [3.63, 3.8) is 0 Å². The molecule has 1 amide bonds. The van der Waals surface area contributed by atoms with E-state index in [2.05, 4.69) is 10.3 Å². The van der Waals surface area contributed by atoms with Crippen LogP contribution in [0.15, 0.2) is 47.1 Å². The van der Waals surface area contributed by atoms with Crippen LogP contribution in [0.25, 0.3) is 10.9 Å². The highest BCUT2D eigenvalue weighted by Crippen LogP contribution is 2.23. The van der Waals surface area contributed by atoms with Crippen molar-refractivity contribution in [3.05, 3.63) is 59.7 Å². The van der Waals surface area contributed by atoms with Gasteiger partial charge in [-0.1, -0.05) is 18.2 Å². The fourth-order valence-electron chi connectivity index (χ4n) is 2.45. The van der Waals surface area contributed by atoms with Crippen LogP contribution in [0.5, 0.6) is 0 Å². The molecule has 0 bridgehead atoms. The van der Waals surface area contributed by atoms with Crippen LogP contribution in [0.3, 0.4) is 0 Å². The number of H-pyrrole nitrogens is 1. The third kappa shape index (κ3) is 2.09. The van der Waals surface area contributed by atoms with Gasteiger partial charge in [-0.05, 0) is 32.0 Å². The standard InChI is InChI=1S/C16H16N2O2/c1-10(14-8-5-9-20-14)18-16(19)15-11(2)17-13-7-4-3-6-12(13)15/h3-10,17H,1-2H3,(H,18,19). The molecule has 0 aliphatic carbocycles. The molecule has 4 nitrogen and oxygen atoms in total. The SMILES string of the molecule is Cc1[nH]c2ccccc2c1C(=O)NC(C)c1ccco1. The Balaban J connectivity index is 1.91. The van der Waals surface area contributed by atoms with E-state index in [0.29, 0.717) is 5.56 Å². The predicted octanol–water partition coefficient (Wildman–Crippen LogP) is 3.56. The lowest BCUT2D eigenvalue weighted by molar-refractivity contribution is 0.0936. The molecule has 0 saturated carbocycles. The van der Waals surface area contributed by atoms with Crippen LogP contribution in [-0.4, -0.2) is 10.9 Å². The smallest absolute Gasteiger partial charge is 0.254 e. The average Bonchev–Trinajstić information content (AvgIpc) is 3.04. The fourth-order valence-corrected chi connectivity index (χ4v) is 2.45. The largest absolute Gasteiger partial charge is 0.467 e. The number of rotatable bonds is 3. The van der Waals surface area contributed by atoms with Gasteiger partial charge in [-0.3, -0.25) is 4.79 Å². The van der Waals surface area contributed by atoms with E-state index in [0.717, 1.165) is 22.4 Å². The highest BCUT2D eigenvalue weighted by atomic mass is 16.3. The predicted molar refractivity (Wildman–Crippen MR) is 77.6 cm³/mol. The number of fused-ring (bicyclic) bond motifs is 1. The quantitative estimate of drug-likeness (QED) is 0.763. The van der Waals surface area contributed by atoms with E-state index in [1.54, 1.807) is 6.26 Å². The number of hydrogen-bond donors (Lipinski definition) is 2. The number of nitrogens with one attached hydrogen (secondary N) is 2. The molecule has 3 rings (SSSR count). The van der Waals surface area contributed by atoms with Crippen molar-refractivity contribution >= 4 is 16.8 Å². The number of carbonyl (C=O) groups excluding carboxylic acids is 1. The molecule has 0 fully saturated rings. The van der Waals surface area contributed by atoms with E-state index < -0.39 is 0 Å². The number of hydrogen-bond acceptors (Lipinski definition) is 2. The number of amides is 1. The normalized spacial score (nSPS) is 12.5. The first-order valence-corrected chi connectivity index (χ1v) is 6.58. The molecule has 0 radical (unpaired) electrons. The molecular formula is C16H16N2O2. The van der Waals surface area contributed by atoms with Gasteiger partial charge in [0.1, 0.15) is 5.76 Å². The molecule has 2 heterocycles. The number of aromatic nitrogens is 1. The van der Waals surface area contributed by atoms with Gasteiger partial charge in [0.2, 0.25) is 0 Å². The Morgan fingerprint density at radius 2 is 2.05 bits per heavy atom. The van der Waals surface area contributed by atoms with Crippen LogP contribution in [0, 0.1) is 6.92 Å². The van der Waals surface area contributed by atoms with Crippen molar-refractivity contribution in [1.29, 1.82) is 0 Å². The van der Waals surface area contributed by atoms with Crippen LogP contribution in [-0.2, 0) is 0 Å². The minimum atomic E-state index is -0.162. The Bertz CT molecular complexity index is 741. The van der Waals surface area contributed by atoms with E-state index in [-0.39, 0.29) is 11.9 Å². The second kappa shape index (κ2) is 4.89. The van der Waals surface area contributed by atoms with Crippen LogP contribution in [0.2, 0.25) is 0 Å². The van der Waals surface area contributed by atoms with Gasteiger partial charge in [0.25, 0.3) is 5.91 Å². The first-order chi connectivity index (χ1) is 9.66. The molecule has 0 spiro atoms. The van der Waals surface area contributed by atoms with Gasteiger partial charge in [0.15, 0.2) is 0 Å².